The molecule has 1 aliphatic heterocycles. The van der Waals surface area contributed by atoms with Gasteiger partial charge in [-0.25, -0.2) is 9.48 Å². The fraction of sp³-hybridized carbons (Fsp3) is 0.360. The number of carbonyl (C=O) groups excluding carboxylic acids is 2. The first kappa shape index (κ1) is 23.3. The summed E-state index contributed by atoms with van der Waals surface area (Å²) in [6.45, 7) is 2.93. The van der Waals surface area contributed by atoms with Crippen molar-refractivity contribution in [2.75, 3.05) is 25.1 Å². The number of hydrogen-bond acceptors (Lipinski definition) is 7. The highest BCUT2D eigenvalue weighted by atomic mass is 16.6. The first-order chi connectivity index (χ1) is 16.6. The molecule has 3 aromatic rings. The molecule has 0 spiro atoms. The quantitative estimate of drug-likeness (QED) is 0.380. The number of unbranched alkanes of at least 4 members (excludes halogenated alkanes) is 3. The van der Waals surface area contributed by atoms with Gasteiger partial charge < -0.3 is 19.5 Å². The van der Waals surface area contributed by atoms with Crippen LogP contribution in [0.1, 0.15) is 43.1 Å². The second-order valence-electron chi connectivity index (χ2n) is 7.97. The highest BCUT2D eigenvalue weighted by molar-refractivity contribution is 6.03. The number of nitrogens with zero attached hydrogens (tertiary/aromatic N) is 2. The van der Waals surface area contributed by atoms with Gasteiger partial charge in [0, 0.05) is 23.7 Å². The van der Waals surface area contributed by atoms with Gasteiger partial charge in [-0.15, -0.1) is 0 Å². The van der Waals surface area contributed by atoms with Crippen molar-refractivity contribution in [3.8, 4) is 11.5 Å². The van der Waals surface area contributed by atoms with Crippen LogP contribution in [0.4, 0.5) is 5.69 Å². The van der Waals surface area contributed by atoms with Crippen molar-refractivity contribution in [1.82, 2.24) is 9.78 Å². The number of benzene rings is 2. The van der Waals surface area contributed by atoms with Gasteiger partial charge >= 0.3 is 5.97 Å². The summed E-state index contributed by atoms with van der Waals surface area (Å²) < 4.78 is 17.5. The number of anilines is 1. The zero-order valence-corrected chi connectivity index (χ0v) is 19.0. The molecule has 1 N–H and O–H groups in total. The van der Waals surface area contributed by atoms with E-state index in [1.165, 1.54) is 4.68 Å². The molecule has 0 bridgehead atoms. The summed E-state index contributed by atoms with van der Waals surface area (Å²) in [4.78, 5) is 38.0. The average molecular weight is 466 g/mol. The molecule has 1 aliphatic rings. The van der Waals surface area contributed by atoms with Crippen molar-refractivity contribution in [2.24, 2.45) is 0 Å². The summed E-state index contributed by atoms with van der Waals surface area (Å²) in [6.07, 6.45) is 3.89. The van der Waals surface area contributed by atoms with Gasteiger partial charge in [-0.05, 0) is 24.6 Å². The average Bonchev–Trinajstić information content (AvgIpc) is 2.86. The SMILES string of the molecule is CCCCCCn1nc(C(=O)OCC(=O)Nc2ccc3c(c2)OCCO3)c2ccccc2c1=O. The van der Waals surface area contributed by atoms with E-state index in [9.17, 15) is 14.4 Å². The summed E-state index contributed by atoms with van der Waals surface area (Å²) in [7, 11) is 0. The molecule has 2 heterocycles. The third-order valence-corrected chi connectivity index (χ3v) is 5.44. The maximum Gasteiger partial charge on any atom is 0.359 e. The molecular weight excluding hydrogens is 438 g/mol. The van der Waals surface area contributed by atoms with E-state index < -0.39 is 18.5 Å². The number of nitrogens with one attached hydrogen (secondary N) is 1. The van der Waals surface area contributed by atoms with Crippen LogP contribution in [0, 0.1) is 0 Å². The lowest BCUT2D eigenvalue weighted by molar-refractivity contribution is -0.119. The lowest BCUT2D eigenvalue weighted by atomic mass is 10.1. The Morgan fingerprint density at radius 3 is 2.59 bits per heavy atom. The molecule has 0 atom stereocenters. The van der Waals surface area contributed by atoms with Gasteiger partial charge in [0.2, 0.25) is 0 Å². The molecule has 9 heteroatoms. The van der Waals surface area contributed by atoms with Gasteiger partial charge in [0.05, 0.1) is 5.39 Å². The normalized spacial score (nSPS) is 12.4. The Morgan fingerprint density at radius 1 is 1.03 bits per heavy atom. The van der Waals surface area contributed by atoms with Gasteiger partial charge in [-0.3, -0.25) is 9.59 Å². The summed E-state index contributed by atoms with van der Waals surface area (Å²) in [5, 5.41) is 7.73. The Morgan fingerprint density at radius 2 is 1.79 bits per heavy atom. The molecule has 1 aromatic heterocycles. The predicted molar refractivity (Wildman–Crippen MR) is 126 cm³/mol. The van der Waals surface area contributed by atoms with Gasteiger partial charge in [0.1, 0.15) is 13.2 Å². The van der Waals surface area contributed by atoms with E-state index in [4.69, 9.17) is 14.2 Å². The van der Waals surface area contributed by atoms with Crippen LogP contribution < -0.4 is 20.3 Å². The summed E-state index contributed by atoms with van der Waals surface area (Å²) >= 11 is 0. The van der Waals surface area contributed by atoms with Crippen molar-refractivity contribution >= 4 is 28.3 Å². The van der Waals surface area contributed by atoms with E-state index in [1.54, 1.807) is 42.5 Å². The largest absolute Gasteiger partial charge is 0.486 e. The Kier molecular flexibility index (Phi) is 7.41. The van der Waals surface area contributed by atoms with Gasteiger partial charge in [0.15, 0.2) is 23.8 Å². The van der Waals surface area contributed by atoms with Gasteiger partial charge in [0.25, 0.3) is 11.5 Å². The topological polar surface area (TPSA) is 109 Å². The molecule has 0 radical (unpaired) electrons. The molecule has 4 rings (SSSR count). The molecule has 0 fully saturated rings. The fourth-order valence-electron chi connectivity index (χ4n) is 3.74. The molecule has 0 saturated heterocycles. The van der Waals surface area contributed by atoms with Crippen LogP contribution in [0.25, 0.3) is 10.8 Å². The van der Waals surface area contributed by atoms with E-state index in [2.05, 4.69) is 17.3 Å². The van der Waals surface area contributed by atoms with Crippen molar-refractivity contribution < 1.29 is 23.8 Å². The van der Waals surface area contributed by atoms with Crippen LogP contribution in [0.5, 0.6) is 11.5 Å². The van der Waals surface area contributed by atoms with Crippen LogP contribution >= 0.6 is 0 Å². The van der Waals surface area contributed by atoms with Crippen molar-refractivity contribution in [1.29, 1.82) is 0 Å². The lowest BCUT2D eigenvalue weighted by Crippen LogP contribution is -2.28. The molecule has 178 valence electrons. The number of ether oxygens (including phenoxy) is 3. The number of aryl methyl sites for hydroxylation is 1. The van der Waals surface area contributed by atoms with Crippen molar-refractivity contribution in [2.45, 2.75) is 39.2 Å². The first-order valence-corrected chi connectivity index (χ1v) is 11.4. The van der Waals surface area contributed by atoms with Crippen LogP contribution in [0.15, 0.2) is 47.3 Å². The number of carbonyl (C=O) groups is 2. The number of esters is 1. The molecule has 34 heavy (non-hydrogen) atoms. The number of aromatic nitrogens is 2. The van der Waals surface area contributed by atoms with Crippen molar-refractivity contribution in [3.05, 3.63) is 58.5 Å². The Labute approximate surface area is 196 Å². The molecular formula is C25H27N3O6. The molecule has 0 aliphatic carbocycles. The third kappa shape index (κ3) is 5.36. The highest BCUT2D eigenvalue weighted by Crippen LogP contribution is 2.32. The second-order valence-corrected chi connectivity index (χ2v) is 7.97. The third-order valence-electron chi connectivity index (χ3n) is 5.44. The number of hydrogen-bond donors (Lipinski definition) is 1. The Bertz CT molecular complexity index is 1250. The van der Waals surface area contributed by atoms with Crippen LogP contribution in [0.2, 0.25) is 0 Å². The first-order valence-electron chi connectivity index (χ1n) is 11.4. The fourth-order valence-corrected chi connectivity index (χ4v) is 3.74. The van der Waals surface area contributed by atoms with E-state index in [-0.39, 0.29) is 11.3 Å². The van der Waals surface area contributed by atoms with Gasteiger partial charge in [-0.2, -0.15) is 5.10 Å². The van der Waals surface area contributed by atoms with Crippen LogP contribution in [-0.4, -0.2) is 41.5 Å². The summed E-state index contributed by atoms with van der Waals surface area (Å²) in [5.74, 6) is -0.130. The Balaban J connectivity index is 1.45. The minimum Gasteiger partial charge on any atom is -0.486 e. The van der Waals surface area contributed by atoms with Crippen LogP contribution in [-0.2, 0) is 16.1 Å². The van der Waals surface area contributed by atoms with E-state index >= 15 is 0 Å². The monoisotopic (exact) mass is 465 g/mol. The van der Waals surface area contributed by atoms with E-state index in [0.717, 1.165) is 25.7 Å². The van der Waals surface area contributed by atoms with E-state index in [0.29, 0.717) is 47.7 Å². The molecule has 2 aromatic carbocycles. The predicted octanol–water partition coefficient (Wildman–Crippen LogP) is 3.54. The highest BCUT2D eigenvalue weighted by Gasteiger charge is 2.19. The maximum atomic E-state index is 12.8. The number of amides is 1. The standard InChI is InChI=1S/C25H27N3O6/c1-2-3-4-7-12-28-24(30)19-9-6-5-8-18(19)23(27-28)25(31)34-16-22(29)26-17-10-11-20-21(15-17)33-14-13-32-20/h5-6,8-11,15H,2-4,7,12-14,16H2,1H3,(H,26,29). The molecule has 0 unspecified atom stereocenters. The molecule has 0 saturated carbocycles. The zero-order chi connectivity index (χ0) is 23.9. The summed E-state index contributed by atoms with van der Waals surface area (Å²) in [5.41, 5.74) is 0.257. The van der Waals surface area contributed by atoms with E-state index in [1.807, 2.05) is 0 Å². The second kappa shape index (κ2) is 10.8. The maximum absolute atomic E-state index is 12.8. The molecule has 9 nitrogen and oxygen atoms in total. The van der Waals surface area contributed by atoms with Crippen LogP contribution in [0.3, 0.4) is 0 Å². The minimum atomic E-state index is -0.768. The van der Waals surface area contributed by atoms with Crippen molar-refractivity contribution in [3.63, 3.8) is 0 Å². The smallest absolute Gasteiger partial charge is 0.359 e. The number of rotatable bonds is 9. The van der Waals surface area contributed by atoms with Gasteiger partial charge in [-0.1, -0.05) is 44.4 Å². The molecule has 1 amide bonds. The minimum absolute atomic E-state index is 0.0119. The summed E-state index contributed by atoms with van der Waals surface area (Å²) in [6, 6.07) is 11.8. The lowest BCUT2D eigenvalue weighted by Gasteiger charge is -2.19. The number of fused-ring (bicyclic) bond motifs is 2. The zero-order valence-electron chi connectivity index (χ0n) is 19.0. The Hall–Kier alpha value is -3.88.